The van der Waals surface area contributed by atoms with Gasteiger partial charge in [0.1, 0.15) is 0 Å². The first kappa shape index (κ1) is 10.9. The minimum absolute atomic E-state index is 0.0286. The first-order chi connectivity index (χ1) is 7.18. The zero-order valence-electron chi connectivity index (χ0n) is 9.54. The Kier molecular flexibility index (Phi) is 3.01. The predicted molar refractivity (Wildman–Crippen MR) is 58.3 cm³/mol. The molecule has 0 bridgehead atoms. The van der Waals surface area contributed by atoms with Crippen LogP contribution in [0.2, 0.25) is 0 Å². The van der Waals surface area contributed by atoms with Crippen molar-refractivity contribution in [3.05, 3.63) is 0 Å². The van der Waals surface area contributed by atoms with Crippen molar-refractivity contribution in [3.63, 3.8) is 0 Å². The monoisotopic (exact) mass is 211 g/mol. The highest BCUT2D eigenvalue weighted by Gasteiger charge is 2.50. The van der Waals surface area contributed by atoms with Crippen molar-refractivity contribution < 1.29 is 9.90 Å². The van der Waals surface area contributed by atoms with Crippen LogP contribution >= 0.6 is 0 Å². The van der Waals surface area contributed by atoms with E-state index in [1.807, 2.05) is 11.9 Å². The van der Waals surface area contributed by atoms with Crippen LogP contribution in [0.3, 0.4) is 0 Å². The maximum absolute atomic E-state index is 12.0. The predicted octanol–water partition coefficient (Wildman–Crippen LogP) is 1.41. The van der Waals surface area contributed by atoms with Crippen LogP contribution < -0.4 is 0 Å². The minimum Gasteiger partial charge on any atom is -0.395 e. The molecule has 0 saturated heterocycles. The molecule has 0 aromatic heterocycles. The molecule has 3 heteroatoms. The van der Waals surface area contributed by atoms with Gasteiger partial charge in [-0.2, -0.15) is 0 Å². The summed E-state index contributed by atoms with van der Waals surface area (Å²) >= 11 is 0. The molecule has 2 aliphatic carbocycles. The van der Waals surface area contributed by atoms with Gasteiger partial charge in [0.25, 0.3) is 0 Å². The molecule has 2 rings (SSSR count). The molecule has 1 amide bonds. The Morgan fingerprint density at radius 1 is 1.40 bits per heavy atom. The summed E-state index contributed by atoms with van der Waals surface area (Å²) in [6.07, 6.45) is 6.91. The highest BCUT2D eigenvalue weighted by molar-refractivity contribution is 5.85. The largest absolute Gasteiger partial charge is 0.395 e. The number of amides is 1. The van der Waals surface area contributed by atoms with Crippen LogP contribution in [0.1, 0.15) is 38.5 Å². The fourth-order valence-electron chi connectivity index (χ4n) is 2.66. The Labute approximate surface area is 91.5 Å². The van der Waals surface area contributed by atoms with E-state index in [9.17, 15) is 9.90 Å². The van der Waals surface area contributed by atoms with Crippen LogP contribution in [0.4, 0.5) is 0 Å². The number of rotatable bonds is 4. The molecule has 1 N–H and O–H groups in total. The van der Waals surface area contributed by atoms with Gasteiger partial charge in [-0.25, -0.2) is 0 Å². The summed E-state index contributed by atoms with van der Waals surface area (Å²) in [7, 11) is 1.89. The summed E-state index contributed by atoms with van der Waals surface area (Å²) in [6, 6.07) is 0. The van der Waals surface area contributed by atoms with Gasteiger partial charge in [0.2, 0.25) is 5.91 Å². The van der Waals surface area contributed by atoms with E-state index in [1.165, 1.54) is 25.7 Å². The maximum atomic E-state index is 12.0. The first-order valence-electron chi connectivity index (χ1n) is 6.04. The van der Waals surface area contributed by atoms with Gasteiger partial charge >= 0.3 is 0 Å². The summed E-state index contributed by atoms with van der Waals surface area (Å²) in [5.74, 6) is 0.866. The van der Waals surface area contributed by atoms with Gasteiger partial charge in [-0.3, -0.25) is 4.79 Å². The van der Waals surface area contributed by atoms with E-state index < -0.39 is 0 Å². The van der Waals surface area contributed by atoms with Crippen molar-refractivity contribution in [3.8, 4) is 0 Å². The second kappa shape index (κ2) is 4.12. The average molecular weight is 211 g/mol. The molecule has 0 aromatic carbocycles. The second-order valence-corrected chi connectivity index (χ2v) is 5.27. The van der Waals surface area contributed by atoms with Gasteiger partial charge in [0.05, 0.1) is 12.0 Å². The van der Waals surface area contributed by atoms with Crippen molar-refractivity contribution in [2.75, 3.05) is 20.2 Å². The zero-order valence-corrected chi connectivity index (χ0v) is 9.54. The number of nitrogens with zero attached hydrogens (tertiary/aromatic N) is 1. The highest BCUT2D eigenvalue weighted by Crippen LogP contribution is 2.46. The smallest absolute Gasteiger partial charge is 0.230 e. The van der Waals surface area contributed by atoms with Crippen molar-refractivity contribution in [1.29, 1.82) is 0 Å². The lowest BCUT2D eigenvalue weighted by molar-refractivity contribution is -0.137. The van der Waals surface area contributed by atoms with Crippen molar-refractivity contribution in [2.24, 2.45) is 11.3 Å². The third kappa shape index (κ3) is 2.17. The molecular weight excluding hydrogens is 190 g/mol. The van der Waals surface area contributed by atoms with Gasteiger partial charge in [-0.1, -0.05) is 12.8 Å². The Bertz CT molecular complexity index is 242. The molecule has 0 atom stereocenters. The topological polar surface area (TPSA) is 40.5 Å². The van der Waals surface area contributed by atoms with E-state index >= 15 is 0 Å². The Morgan fingerprint density at radius 3 is 2.47 bits per heavy atom. The lowest BCUT2D eigenvalue weighted by Crippen LogP contribution is -2.38. The molecule has 3 nitrogen and oxygen atoms in total. The van der Waals surface area contributed by atoms with Crippen LogP contribution in [-0.2, 0) is 4.79 Å². The van der Waals surface area contributed by atoms with Gasteiger partial charge in [0, 0.05) is 13.6 Å². The quantitative estimate of drug-likeness (QED) is 0.763. The van der Waals surface area contributed by atoms with E-state index in [0.717, 1.165) is 19.4 Å². The van der Waals surface area contributed by atoms with Crippen molar-refractivity contribution in [2.45, 2.75) is 38.5 Å². The summed E-state index contributed by atoms with van der Waals surface area (Å²) in [6.45, 7) is 0.918. The molecule has 0 spiro atoms. The SMILES string of the molecule is CN(CC1CCCC1)C(=O)C1(CO)CC1. The van der Waals surface area contributed by atoms with Crippen LogP contribution in [-0.4, -0.2) is 36.1 Å². The number of aliphatic hydroxyl groups is 1. The lowest BCUT2D eigenvalue weighted by atomic mass is 10.0. The normalized spacial score (nSPS) is 24.1. The maximum Gasteiger partial charge on any atom is 0.230 e. The molecular formula is C12H21NO2. The van der Waals surface area contributed by atoms with Crippen LogP contribution in [0.15, 0.2) is 0 Å². The lowest BCUT2D eigenvalue weighted by Gasteiger charge is -2.25. The molecule has 0 unspecified atom stereocenters. The molecule has 0 heterocycles. The molecule has 0 aliphatic heterocycles. The molecule has 2 aliphatic rings. The number of hydrogen-bond donors (Lipinski definition) is 1. The molecule has 2 saturated carbocycles. The fraction of sp³-hybridized carbons (Fsp3) is 0.917. The number of carbonyl (C=O) groups is 1. The minimum atomic E-state index is -0.382. The Hall–Kier alpha value is -0.570. The van der Waals surface area contributed by atoms with Gasteiger partial charge < -0.3 is 10.0 Å². The molecule has 86 valence electrons. The number of aliphatic hydroxyl groups excluding tert-OH is 1. The summed E-state index contributed by atoms with van der Waals surface area (Å²) in [5, 5.41) is 9.19. The van der Waals surface area contributed by atoms with Crippen LogP contribution in [0.25, 0.3) is 0 Å². The van der Waals surface area contributed by atoms with E-state index in [-0.39, 0.29) is 17.9 Å². The molecule has 0 radical (unpaired) electrons. The van der Waals surface area contributed by atoms with E-state index in [2.05, 4.69) is 0 Å². The standard InChI is InChI=1S/C12H21NO2/c1-13(8-10-4-2-3-5-10)11(15)12(9-14)6-7-12/h10,14H,2-9H2,1H3. The van der Waals surface area contributed by atoms with E-state index in [1.54, 1.807) is 0 Å². The van der Waals surface area contributed by atoms with Crippen molar-refractivity contribution in [1.82, 2.24) is 4.90 Å². The third-order valence-electron chi connectivity index (χ3n) is 3.96. The van der Waals surface area contributed by atoms with Crippen LogP contribution in [0.5, 0.6) is 0 Å². The summed E-state index contributed by atoms with van der Waals surface area (Å²) in [4.78, 5) is 13.9. The van der Waals surface area contributed by atoms with Crippen molar-refractivity contribution >= 4 is 5.91 Å². The van der Waals surface area contributed by atoms with E-state index in [4.69, 9.17) is 0 Å². The number of carbonyl (C=O) groups excluding carboxylic acids is 1. The van der Waals surface area contributed by atoms with Gasteiger partial charge in [0.15, 0.2) is 0 Å². The number of hydrogen-bond acceptors (Lipinski definition) is 2. The van der Waals surface area contributed by atoms with Crippen LogP contribution in [0, 0.1) is 11.3 Å². The third-order valence-corrected chi connectivity index (χ3v) is 3.96. The highest BCUT2D eigenvalue weighted by atomic mass is 16.3. The summed E-state index contributed by atoms with van der Waals surface area (Å²) < 4.78 is 0. The molecule has 15 heavy (non-hydrogen) atoms. The molecule has 0 aromatic rings. The molecule has 2 fully saturated rings. The average Bonchev–Trinajstić information content (AvgIpc) is 2.89. The van der Waals surface area contributed by atoms with Gasteiger partial charge in [-0.05, 0) is 31.6 Å². The Balaban J connectivity index is 1.84. The fourth-order valence-corrected chi connectivity index (χ4v) is 2.66. The van der Waals surface area contributed by atoms with E-state index in [0.29, 0.717) is 5.92 Å². The Morgan fingerprint density at radius 2 is 2.00 bits per heavy atom. The zero-order chi connectivity index (χ0) is 10.9. The summed E-state index contributed by atoms with van der Waals surface area (Å²) in [5.41, 5.74) is -0.382. The van der Waals surface area contributed by atoms with Gasteiger partial charge in [-0.15, -0.1) is 0 Å². The first-order valence-corrected chi connectivity index (χ1v) is 6.04. The second-order valence-electron chi connectivity index (χ2n) is 5.27.